The lowest BCUT2D eigenvalue weighted by molar-refractivity contribution is -0.111. The molecule has 0 bridgehead atoms. The number of nitrogens with one attached hydrogen (secondary N) is 1. The number of nitrogens with zero attached hydrogens (tertiary/aromatic N) is 1. The third kappa shape index (κ3) is 7.23. The molecule has 0 radical (unpaired) electrons. The molecule has 186 valence electrons. The summed E-state index contributed by atoms with van der Waals surface area (Å²) in [6.45, 7) is 14.1. The first-order valence-electron chi connectivity index (χ1n) is 10.7. The maximum atomic E-state index is 13.4. The highest BCUT2D eigenvalue weighted by Gasteiger charge is 2.34. The molecule has 1 aliphatic heterocycles. The summed E-state index contributed by atoms with van der Waals surface area (Å²) in [6, 6.07) is 1.90. The van der Waals surface area contributed by atoms with E-state index in [4.69, 9.17) is 18.9 Å². The molecule has 0 aliphatic carbocycles. The molecular weight excluding hydrogens is 444 g/mol. The molecule has 1 fully saturated rings. The van der Waals surface area contributed by atoms with Gasteiger partial charge in [0.05, 0.1) is 24.4 Å². The van der Waals surface area contributed by atoms with Gasteiger partial charge in [-0.3, -0.25) is 10.1 Å². The lowest BCUT2D eigenvalue weighted by Crippen LogP contribution is -2.37. The van der Waals surface area contributed by atoms with Crippen LogP contribution < -0.4 is 14.8 Å². The lowest BCUT2D eigenvalue weighted by atomic mass is 10.1. The lowest BCUT2D eigenvalue weighted by Gasteiger charge is -2.24. The fourth-order valence-corrected chi connectivity index (χ4v) is 3.18. The van der Waals surface area contributed by atoms with Crippen molar-refractivity contribution in [3.8, 4) is 11.5 Å². The fourth-order valence-electron chi connectivity index (χ4n) is 3.18. The van der Waals surface area contributed by atoms with E-state index in [-0.39, 0.29) is 29.3 Å². The Kier molecular flexibility index (Phi) is 7.97. The highest BCUT2D eigenvalue weighted by atomic mass is 16.7. The van der Waals surface area contributed by atoms with Crippen LogP contribution in [-0.4, -0.2) is 60.2 Å². The van der Waals surface area contributed by atoms with Crippen LogP contribution in [0.2, 0.25) is 0 Å². The monoisotopic (exact) mass is 476 g/mol. The smallest absolute Gasteiger partial charge is 0.493 e. The minimum absolute atomic E-state index is 0.000713. The largest absolute Gasteiger partial charge is 0.514 e. The number of anilines is 1. The number of likely N-dealkylation sites (tertiary alicyclic amines) is 1. The van der Waals surface area contributed by atoms with Gasteiger partial charge in [-0.1, -0.05) is 12.2 Å². The van der Waals surface area contributed by atoms with E-state index in [1.165, 1.54) is 24.1 Å². The van der Waals surface area contributed by atoms with Gasteiger partial charge in [-0.05, 0) is 54.0 Å². The van der Waals surface area contributed by atoms with Gasteiger partial charge in [0.1, 0.15) is 17.5 Å². The number of aldehydes is 1. The highest BCUT2D eigenvalue weighted by Crippen LogP contribution is 2.36. The third-order valence-corrected chi connectivity index (χ3v) is 4.46. The Labute approximate surface area is 199 Å². The predicted molar refractivity (Wildman–Crippen MR) is 124 cm³/mol. The Bertz CT molecular complexity index is 988. The van der Waals surface area contributed by atoms with Crippen molar-refractivity contribution in [3.05, 3.63) is 29.8 Å². The summed E-state index contributed by atoms with van der Waals surface area (Å²) in [6.07, 6.45) is -0.798. The van der Waals surface area contributed by atoms with Gasteiger partial charge in [-0.25, -0.2) is 9.59 Å². The molecule has 10 heteroatoms. The third-order valence-electron chi connectivity index (χ3n) is 4.46. The van der Waals surface area contributed by atoms with E-state index in [2.05, 4.69) is 11.9 Å². The van der Waals surface area contributed by atoms with Crippen LogP contribution in [0.5, 0.6) is 11.5 Å². The number of rotatable bonds is 5. The zero-order valence-corrected chi connectivity index (χ0v) is 20.6. The first kappa shape index (κ1) is 26.7. The van der Waals surface area contributed by atoms with Gasteiger partial charge in [0, 0.05) is 12.6 Å². The molecule has 10 nitrogen and oxygen atoms in total. The SMILES string of the molecule is C=C1C[C@@H](C=O)N(C(=O)c2cc(OC)c(OC(=O)OC(C)(C)C)cc2NC(=O)OC(C)(C)C)C1. The van der Waals surface area contributed by atoms with Crippen LogP contribution in [0.1, 0.15) is 58.3 Å². The molecule has 2 amide bonds. The summed E-state index contributed by atoms with van der Waals surface area (Å²) in [4.78, 5) is 50.9. The molecule has 1 aliphatic rings. The number of benzene rings is 1. The maximum Gasteiger partial charge on any atom is 0.514 e. The molecule has 1 aromatic carbocycles. The molecule has 0 spiro atoms. The van der Waals surface area contributed by atoms with E-state index in [1.54, 1.807) is 41.5 Å². The molecule has 0 aromatic heterocycles. The number of hydrogen-bond donors (Lipinski definition) is 1. The Morgan fingerprint density at radius 3 is 2.21 bits per heavy atom. The van der Waals surface area contributed by atoms with Crippen molar-refractivity contribution in [1.82, 2.24) is 4.90 Å². The van der Waals surface area contributed by atoms with E-state index in [0.29, 0.717) is 12.7 Å². The van der Waals surface area contributed by atoms with Gasteiger partial charge in [0.2, 0.25) is 0 Å². The molecule has 0 unspecified atom stereocenters. The summed E-state index contributed by atoms with van der Waals surface area (Å²) >= 11 is 0. The van der Waals surface area contributed by atoms with E-state index in [1.807, 2.05) is 0 Å². The van der Waals surface area contributed by atoms with E-state index in [0.717, 1.165) is 5.57 Å². The predicted octanol–water partition coefficient (Wildman–Crippen LogP) is 4.33. The summed E-state index contributed by atoms with van der Waals surface area (Å²) in [5, 5.41) is 2.52. The molecule has 1 atom stereocenters. The molecule has 1 N–H and O–H groups in total. The maximum absolute atomic E-state index is 13.4. The van der Waals surface area contributed by atoms with Gasteiger partial charge in [-0.2, -0.15) is 0 Å². The minimum Gasteiger partial charge on any atom is -0.493 e. The normalized spacial score (nSPS) is 16.0. The number of carbonyl (C=O) groups is 4. The van der Waals surface area contributed by atoms with Crippen LogP contribution >= 0.6 is 0 Å². The Morgan fingerprint density at radius 2 is 1.68 bits per heavy atom. The van der Waals surface area contributed by atoms with Crippen LogP contribution in [0, 0.1) is 0 Å². The number of ether oxygens (including phenoxy) is 4. The van der Waals surface area contributed by atoms with Crippen molar-refractivity contribution in [2.24, 2.45) is 0 Å². The Morgan fingerprint density at radius 1 is 1.06 bits per heavy atom. The van der Waals surface area contributed by atoms with E-state index in [9.17, 15) is 19.2 Å². The second-order valence-electron chi connectivity index (χ2n) is 9.83. The van der Waals surface area contributed by atoms with Crippen LogP contribution in [0.3, 0.4) is 0 Å². The summed E-state index contributed by atoms with van der Waals surface area (Å²) < 4.78 is 21.1. The molecule has 0 saturated carbocycles. The number of carbonyl (C=O) groups excluding carboxylic acids is 4. The van der Waals surface area contributed by atoms with Crippen molar-refractivity contribution >= 4 is 30.1 Å². The number of methoxy groups -OCH3 is 1. The number of amides is 2. The van der Waals surface area contributed by atoms with E-state index >= 15 is 0 Å². The molecule has 2 rings (SSSR count). The molecule has 34 heavy (non-hydrogen) atoms. The van der Waals surface area contributed by atoms with Crippen LogP contribution in [-0.2, 0) is 14.3 Å². The quantitative estimate of drug-likeness (QED) is 0.289. The zero-order chi connectivity index (χ0) is 25.8. The topological polar surface area (TPSA) is 120 Å². The summed E-state index contributed by atoms with van der Waals surface area (Å²) in [5.74, 6) is -0.578. The van der Waals surface area contributed by atoms with E-state index < -0.39 is 35.4 Å². The van der Waals surface area contributed by atoms with Crippen molar-refractivity contribution < 1.29 is 38.1 Å². The van der Waals surface area contributed by atoms with Crippen molar-refractivity contribution in [1.29, 1.82) is 0 Å². The van der Waals surface area contributed by atoms with Gasteiger partial charge in [-0.15, -0.1) is 0 Å². The van der Waals surface area contributed by atoms with Crippen LogP contribution in [0.25, 0.3) is 0 Å². The number of hydrogen-bond acceptors (Lipinski definition) is 8. The van der Waals surface area contributed by atoms with Crippen LogP contribution in [0.15, 0.2) is 24.3 Å². The Hall–Kier alpha value is -3.56. The second kappa shape index (κ2) is 10.1. The van der Waals surface area contributed by atoms with Gasteiger partial charge in [0.25, 0.3) is 5.91 Å². The van der Waals surface area contributed by atoms with Crippen LogP contribution in [0.4, 0.5) is 15.3 Å². The molecule has 1 heterocycles. The second-order valence-corrected chi connectivity index (χ2v) is 9.83. The first-order valence-corrected chi connectivity index (χ1v) is 10.7. The fraction of sp³-hybridized carbons (Fsp3) is 0.500. The molecule has 1 saturated heterocycles. The minimum atomic E-state index is -0.995. The van der Waals surface area contributed by atoms with Crippen molar-refractivity contribution in [2.75, 3.05) is 19.0 Å². The first-order chi connectivity index (χ1) is 15.6. The van der Waals surface area contributed by atoms with Gasteiger partial charge >= 0.3 is 12.2 Å². The van der Waals surface area contributed by atoms with Crippen molar-refractivity contribution in [3.63, 3.8) is 0 Å². The zero-order valence-electron chi connectivity index (χ0n) is 20.6. The standard InChI is InChI=1S/C24H32N2O8/c1-14-9-15(13-27)26(12-14)20(28)16-10-18(31-8)19(32-22(30)34-24(5,6)7)11-17(16)25-21(29)33-23(2,3)4/h10-11,13,15H,1,9,12H2,2-8H3,(H,25,29)/t15-/m0/s1. The van der Waals surface area contributed by atoms with Gasteiger partial charge < -0.3 is 28.6 Å². The highest BCUT2D eigenvalue weighted by molar-refractivity contribution is 6.04. The van der Waals surface area contributed by atoms with Gasteiger partial charge in [0.15, 0.2) is 11.5 Å². The summed E-state index contributed by atoms with van der Waals surface area (Å²) in [5.41, 5.74) is -0.864. The average molecular weight is 477 g/mol. The molecule has 1 aromatic rings. The van der Waals surface area contributed by atoms with Crippen molar-refractivity contribution in [2.45, 2.75) is 65.2 Å². The molecular formula is C24H32N2O8. The summed E-state index contributed by atoms with van der Waals surface area (Å²) in [7, 11) is 1.33. The Balaban J connectivity index is 2.50. The average Bonchev–Trinajstić information content (AvgIpc) is 3.05.